The van der Waals surface area contributed by atoms with E-state index in [4.69, 9.17) is 4.74 Å². The van der Waals surface area contributed by atoms with Crippen LogP contribution in [0.2, 0.25) is 0 Å². The first-order valence-electron chi connectivity index (χ1n) is 15.3. The van der Waals surface area contributed by atoms with Gasteiger partial charge in [-0.05, 0) is 22.3 Å². The highest BCUT2D eigenvalue weighted by Gasteiger charge is 2.65. The Labute approximate surface area is 279 Å². The first-order valence-corrected chi connectivity index (χ1v) is 16.2. The number of carbonyl (C=O) groups is 3. The maximum Gasteiger partial charge on any atom is 0.368 e. The molecule has 48 heavy (non-hydrogen) atoms. The molecule has 1 N–H and O–H groups in total. The SMILES string of the molecule is O=C(Cc1ccccc1)N[C@@H]1C(=O)N2C[C@@](C(=O)OC(c3ccccc3)c3ccccc3)(n3ncn(/N=C/c4ccccc4)c3=O)S[C@H]12. The van der Waals surface area contributed by atoms with Crippen molar-refractivity contribution in [1.29, 1.82) is 0 Å². The van der Waals surface area contributed by atoms with Gasteiger partial charge < -0.3 is 15.0 Å². The van der Waals surface area contributed by atoms with Gasteiger partial charge in [0.2, 0.25) is 16.7 Å². The second-order valence-corrected chi connectivity index (χ2v) is 12.8. The van der Waals surface area contributed by atoms with Gasteiger partial charge in [-0.15, -0.1) is 0 Å². The molecule has 3 heterocycles. The highest BCUT2D eigenvalue weighted by Crippen LogP contribution is 2.50. The standard InChI is InChI=1S/C36H30N6O5S/c43-29(21-25-13-5-1-6-14-25)39-30-32(44)40-23-36(48-33(30)40,42-35(46)41(24-38-42)37-22-26-15-7-2-8-16-26)34(45)47-31(27-17-9-3-10-18-27)28-19-11-4-12-20-28/h1-20,22,24,30-31,33H,21,23H2,(H,39,43)/b37-22+/t30-,33-,36-/m1/s1. The van der Waals surface area contributed by atoms with E-state index >= 15 is 0 Å². The van der Waals surface area contributed by atoms with E-state index in [2.05, 4.69) is 15.5 Å². The van der Waals surface area contributed by atoms with Crippen molar-refractivity contribution in [2.75, 3.05) is 6.54 Å². The molecule has 1 aromatic heterocycles. The summed E-state index contributed by atoms with van der Waals surface area (Å²) in [5, 5.41) is 10.8. The third-order valence-corrected chi connectivity index (χ3v) is 9.87. The molecule has 2 aliphatic heterocycles. The lowest BCUT2D eigenvalue weighted by atomic mass is 10.0. The Morgan fingerprint density at radius 2 is 1.48 bits per heavy atom. The largest absolute Gasteiger partial charge is 0.450 e. The van der Waals surface area contributed by atoms with E-state index in [9.17, 15) is 19.2 Å². The summed E-state index contributed by atoms with van der Waals surface area (Å²) in [5.41, 5.74) is 2.33. The number of nitrogens with zero attached hydrogens (tertiary/aromatic N) is 5. The third-order valence-electron chi connectivity index (χ3n) is 8.24. The molecule has 0 bridgehead atoms. The average Bonchev–Trinajstić information content (AvgIpc) is 3.69. The fraction of sp³-hybridized carbons (Fsp3) is 0.167. The molecule has 0 saturated carbocycles. The molecule has 2 saturated heterocycles. The second kappa shape index (κ2) is 13.2. The predicted molar refractivity (Wildman–Crippen MR) is 180 cm³/mol. The minimum Gasteiger partial charge on any atom is -0.450 e. The van der Waals surface area contributed by atoms with Gasteiger partial charge in [-0.2, -0.15) is 19.6 Å². The fourth-order valence-electron chi connectivity index (χ4n) is 5.82. The zero-order valence-electron chi connectivity index (χ0n) is 25.5. The van der Waals surface area contributed by atoms with Gasteiger partial charge in [-0.1, -0.05) is 133 Å². The van der Waals surface area contributed by atoms with Crippen molar-refractivity contribution < 1.29 is 19.1 Å². The lowest BCUT2D eigenvalue weighted by molar-refractivity contribution is -0.157. The molecule has 0 aliphatic carbocycles. The summed E-state index contributed by atoms with van der Waals surface area (Å²) in [6, 6.07) is 36.1. The quantitative estimate of drug-likeness (QED) is 0.138. The van der Waals surface area contributed by atoms with Crippen LogP contribution in [0.4, 0.5) is 0 Å². The number of carbonyl (C=O) groups excluding carboxylic acids is 3. The number of aromatic nitrogens is 3. The number of β-lactam (4-membered cyclic amide) rings is 1. The molecule has 0 radical (unpaired) electrons. The Balaban J connectivity index is 1.22. The van der Waals surface area contributed by atoms with E-state index in [-0.39, 0.29) is 24.8 Å². The van der Waals surface area contributed by atoms with Crippen LogP contribution in [0, 0.1) is 0 Å². The molecule has 0 unspecified atom stereocenters. The summed E-state index contributed by atoms with van der Waals surface area (Å²) in [7, 11) is 0. The monoisotopic (exact) mass is 658 g/mol. The molecule has 7 rings (SSSR count). The van der Waals surface area contributed by atoms with Crippen LogP contribution in [0.3, 0.4) is 0 Å². The first kappa shape index (κ1) is 30.9. The summed E-state index contributed by atoms with van der Waals surface area (Å²) < 4.78 is 8.34. The highest BCUT2D eigenvalue weighted by atomic mass is 32.2. The van der Waals surface area contributed by atoms with Crippen molar-refractivity contribution in [1.82, 2.24) is 24.7 Å². The summed E-state index contributed by atoms with van der Waals surface area (Å²) in [5.74, 6) is -1.45. The zero-order valence-corrected chi connectivity index (χ0v) is 26.4. The van der Waals surface area contributed by atoms with Crippen molar-refractivity contribution in [3.8, 4) is 0 Å². The second-order valence-electron chi connectivity index (χ2n) is 11.4. The molecular weight excluding hydrogens is 629 g/mol. The van der Waals surface area contributed by atoms with Crippen LogP contribution in [-0.4, -0.2) is 61.3 Å². The molecule has 11 nitrogen and oxygen atoms in total. The molecule has 0 spiro atoms. The average molecular weight is 659 g/mol. The van der Waals surface area contributed by atoms with E-state index < -0.39 is 34.0 Å². The molecule has 240 valence electrons. The van der Waals surface area contributed by atoms with E-state index in [0.717, 1.165) is 43.4 Å². The predicted octanol–water partition coefficient (Wildman–Crippen LogP) is 3.56. The smallest absolute Gasteiger partial charge is 0.368 e. The summed E-state index contributed by atoms with van der Waals surface area (Å²) in [4.78, 5) is 54.4. The Morgan fingerprint density at radius 1 is 0.896 bits per heavy atom. The Morgan fingerprint density at radius 3 is 2.10 bits per heavy atom. The van der Waals surface area contributed by atoms with Crippen molar-refractivity contribution in [2.45, 2.75) is 28.8 Å². The Bertz CT molecular complexity index is 1980. The van der Waals surface area contributed by atoms with Crippen LogP contribution in [-0.2, 0) is 30.4 Å². The van der Waals surface area contributed by atoms with Crippen LogP contribution < -0.4 is 11.0 Å². The number of benzene rings is 4. The van der Waals surface area contributed by atoms with Gasteiger partial charge in [-0.25, -0.2) is 9.59 Å². The first-order chi connectivity index (χ1) is 23.4. The number of hydrogen-bond donors (Lipinski definition) is 1. The van der Waals surface area contributed by atoms with Gasteiger partial charge in [0.25, 0.3) is 0 Å². The minimum absolute atomic E-state index is 0.0916. The van der Waals surface area contributed by atoms with Gasteiger partial charge in [0.1, 0.15) is 17.7 Å². The normalized spacial score (nSPS) is 20.0. The van der Waals surface area contributed by atoms with E-state index in [0.29, 0.717) is 0 Å². The maximum atomic E-state index is 14.5. The van der Waals surface area contributed by atoms with E-state index in [1.54, 1.807) is 0 Å². The number of esters is 1. The van der Waals surface area contributed by atoms with Crippen LogP contribution in [0.25, 0.3) is 0 Å². The zero-order chi connectivity index (χ0) is 33.1. The van der Waals surface area contributed by atoms with Gasteiger partial charge in [0.15, 0.2) is 6.10 Å². The molecular formula is C36H30N6O5S. The van der Waals surface area contributed by atoms with Crippen molar-refractivity contribution in [2.24, 2.45) is 5.10 Å². The molecule has 2 aliphatic rings. The number of thioether (sulfide) groups is 1. The van der Waals surface area contributed by atoms with E-state index in [1.807, 2.05) is 121 Å². The molecule has 3 atom stereocenters. The number of nitrogens with one attached hydrogen (secondary N) is 1. The minimum atomic E-state index is -1.77. The molecule has 5 aromatic rings. The Kier molecular flexibility index (Phi) is 8.47. The molecule has 2 amide bonds. The summed E-state index contributed by atoms with van der Waals surface area (Å²) in [6.07, 6.45) is 2.01. The highest BCUT2D eigenvalue weighted by molar-refractivity contribution is 8.01. The van der Waals surface area contributed by atoms with Crippen LogP contribution in [0.15, 0.2) is 138 Å². The van der Waals surface area contributed by atoms with Gasteiger partial charge >= 0.3 is 11.7 Å². The third kappa shape index (κ3) is 5.93. The topological polar surface area (TPSA) is 128 Å². The number of hydrogen-bond acceptors (Lipinski definition) is 8. The van der Waals surface area contributed by atoms with E-state index in [1.165, 1.54) is 17.4 Å². The van der Waals surface area contributed by atoms with Gasteiger partial charge in [0.05, 0.1) is 19.2 Å². The summed E-state index contributed by atoms with van der Waals surface area (Å²) >= 11 is 1.05. The lowest BCUT2D eigenvalue weighted by Crippen LogP contribution is -2.67. The van der Waals surface area contributed by atoms with Gasteiger partial charge in [-0.3, -0.25) is 9.59 Å². The molecule has 4 aromatic carbocycles. The number of ether oxygens (including phenoxy) is 1. The number of rotatable bonds is 10. The lowest BCUT2D eigenvalue weighted by Gasteiger charge is -2.41. The molecule has 2 fully saturated rings. The molecule has 12 heteroatoms. The fourth-order valence-corrected chi connectivity index (χ4v) is 7.43. The van der Waals surface area contributed by atoms with Crippen molar-refractivity contribution in [3.63, 3.8) is 0 Å². The van der Waals surface area contributed by atoms with Gasteiger partial charge in [0, 0.05) is 0 Å². The Hall–Kier alpha value is -5.75. The van der Waals surface area contributed by atoms with Crippen LogP contribution in [0.5, 0.6) is 0 Å². The maximum absolute atomic E-state index is 14.5. The van der Waals surface area contributed by atoms with Crippen LogP contribution in [0.1, 0.15) is 28.4 Å². The summed E-state index contributed by atoms with van der Waals surface area (Å²) in [6.45, 7) is -0.194. The number of fused-ring (bicyclic) bond motifs is 1. The van der Waals surface area contributed by atoms with Crippen molar-refractivity contribution >= 4 is 35.8 Å². The van der Waals surface area contributed by atoms with Crippen LogP contribution >= 0.6 is 11.8 Å². The number of amides is 2. The van der Waals surface area contributed by atoms with Crippen molar-refractivity contribution in [3.05, 3.63) is 160 Å².